The number of carboxylic acid groups (broad SMARTS) is 1. The van der Waals surface area contributed by atoms with Crippen LogP contribution in [-0.2, 0) is 14.8 Å². The molecule has 1 aromatic carbocycles. The summed E-state index contributed by atoms with van der Waals surface area (Å²) in [7, 11) is -3.61. The van der Waals surface area contributed by atoms with E-state index < -0.39 is 21.9 Å². The first-order chi connectivity index (χ1) is 8.81. The summed E-state index contributed by atoms with van der Waals surface area (Å²) < 4.78 is 27.5. The zero-order valence-corrected chi connectivity index (χ0v) is 12.7. The first kappa shape index (κ1) is 14.5. The summed E-state index contributed by atoms with van der Waals surface area (Å²) >= 11 is 3.27. The molecule has 0 atom stereocenters. The van der Waals surface area contributed by atoms with Crippen molar-refractivity contribution in [2.45, 2.75) is 30.7 Å². The van der Waals surface area contributed by atoms with E-state index in [4.69, 9.17) is 5.11 Å². The van der Waals surface area contributed by atoms with E-state index in [1.807, 2.05) is 13.0 Å². The largest absolute Gasteiger partial charge is 0.481 e. The molecule has 1 fully saturated rings. The highest BCUT2D eigenvalue weighted by atomic mass is 79.9. The van der Waals surface area contributed by atoms with Crippen LogP contribution in [0.2, 0.25) is 0 Å². The van der Waals surface area contributed by atoms with Gasteiger partial charge >= 0.3 is 5.97 Å². The van der Waals surface area contributed by atoms with E-state index in [1.54, 1.807) is 6.07 Å². The number of carbonyl (C=O) groups is 1. The molecular weight excluding hydrogens is 334 g/mol. The highest BCUT2D eigenvalue weighted by Crippen LogP contribution is 2.30. The summed E-state index contributed by atoms with van der Waals surface area (Å²) in [5.41, 5.74) is 0.833. The van der Waals surface area contributed by atoms with Crippen LogP contribution in [-0.4, -0.2) is 25.5 Å². The smallest absolute Gasteiger partial charge is 0.306 e. The van der Waals surface area contributed by atoms with Gasteiger partial charge in [0.2, 0.25) is 10.0 Å². The molecule has 1 saturated carbocycles. The van der Waals surface area contributed by atoms with Crippen molar-refractivity contribution in [1.82, 2.24) is 4.72 Å². The lowest BCUT2D eigenvalue weighted by molar-refractivity contribution is -0.145. The molecule has 104 valence electrons. The number of sulfonamides is 1. The first-order valence-electron chi connectivity index (χ1n) is 5.81. The van der Waals surface area contributed by atoms with Gasteiger partial charge in [-0.15, -0.1) is 0 Å². The number of halogens is 1. The third-order valence-corrected chi connectivity index (χ3v) is 6.13. The van der Waals surface area contributed by atoms with Crippen LogP contribution >= 0.6 is 15.9 Å². The summed E-state index contributed by atoms with van der Waals surface area (Å²) in [5, 5.41) is 8.76. The fourth-order valence-electron chi connectivity index (χ4n) is 2.03. The molecule has 2 rings (SSSR count). The quantitative estimate of drug-likeness (QED) is 0.871. The van der Waals surface area contributed by atoms with Gasteiger partial charge in [-0.05, 0) is 47.3 Å². The van der Waals surface area contributed by atoms with Gasteiger partial charge in [-0.1, -0.05) is 12.1 Å². The fourth-order valence-corrected chi connectivity index (χ4v) is 4.34. The number of rotatable bonds is 4. The summed E-state index contributed by atoms with van der Waals surface area (Å²) in [5.74, 6) is -1.30. The average molecular weight is 348 g/mol. The Morgan fingerprint density at radius 2 is 2.05 bits per heavy atom. The average Bonchev–Trinajstić information content (AvgIpc) is 2.26. The fraction of sp³-hybridized carbons (Fsp3) is 0.417. The van der Waals surface area contributed by atoms with Crippen molar-refractivity contribution < 1.29 is 18.3 Å². The molecule has 0 bridgehead atoms. The Balaban J connectivity index is 2.12. The van der Waals surface area contributed by atoms with Gasteiger partial charge in [-0.25, -0.2) is 13.1 Å². The van der Waals surface area contributed by atoms with Crippen molar-refractivity contribution in [1.29, 1.82) is 0 Å². The maximum atomic E-state index is 12.2. The number of aliphatic carboxylic acids is 1. The molecule has 0 saturated heterocycles. The Morgan fingerprint density at radius 1 is 1.42 bits per heavy atom. The zero-order valence-electron chi connectivity index (χ0n) is 10.3. The second-order valence-corrected chi connectivity index (χ2v) is 7.19. The number of hydrogen-bond acceptors (Lipinski definition) is 3. The lowest BCUT2D eigenvalue weighted by Gasteiger charge is -2.32. The minimum atomic E-state index is -3.61. The Kier molecular flexibility index (Phi) is 3.98. The molecule has 1 aromatic rings. The van der Waals surface area contributed by atoms with E-state index >= 15 is 0 Å². The van der Waals surface area contributed by atoms with E-state index in [2.05, 4.69) is 20.7 Å². The van der Waals surface area contributed by atoms with E-state index in [0.717, 1.165) is 5.56 Å². The van der Waals surface area contributed by atoms with Crippen LogP contribution in [0.1, 0.15) is 18.4 Å². The van der Waals surface area contributed by atoms with E-state index in [0.29, 0.717) is 17.3 Å². The van der Waals surface area contributed by atoms with Gasteiger partial charge < -0.3 is 5.11 Å². The Labute approximate surface area is 120 Å². The molecule has 7 heteroatoms. The maximum absolute atomic E-state index is 12.2. The highest BCUT2D eigenvalue weighted by molar-refractivity contribution is 9.10. The zero-order chi connectivity index (χ0) is 14.2. The molecule has 0 unspecified atom stereocenters. The lowest BCUT2D eigenvalue weighted by atomic mass is 9.81. The summed E-state index contributed by atoms with van der Waals surface area (Å²) in [4.78, 5) is 10.9. The Bertz CT molecular complexity index is 608. The third kappa shape index (κ3) is 2.98. The Morgan fingerprint density at radius 3 is 2.63 bits per heavy atom. The van der Waals surface area contributed by atoms with Gasteiger partial charge in [0, 0.05) is 10.5 Å². The molecule has 19 heavy (non-hydrogen) atoms. The predicted octanol–water partition coefficient (Wildman–Crippen LogP) is 1.90. The van der Waals surface area contributed by atoms with E-state index in [-0.39, 0.29) is 10.9 Å². The predicted molar refractivity (Wildman–Crippen MR) is 73.3 cm³/mol. The number of hydrogen-bond donors (Lipinski definition) is 2. The van der Waals surface area contributed by atoms with Crippen molar-refractivity contribution in [2.75, 3.05) is 0 Å². The molecule has 1 aliphatic rings. The van der Waals surface area contributed by atoms with Gasteiger partial charge in [0.25, 0.3) is 0 Å². The van der Waals surface area contributed by atoms with Crippen molar-refractivity contribution in [3.63, 3.8) is 0 Å². The van der Waals surface area contributed by atoms with Crippen LogP contribution in [0.15, 0.2) is 27.6 Å². The lowest BCUT2D eigenvalue weighted by Crippen LogP contribution is -2.46. The third-order valence-electron chi connectivity index (χ3n) is 3.26. The first-order valence-corrected chi connectivity index (χ1v) is 8.09. The van der Waals surface area contributed by atoms with Crippen molar-refractivity contribution in [3.8, 4) is 0 Å². The summed E-state index contributed by atoms with van der Waals surface area (Å²) in [6.45, 7) is 1.81. The number of aryl methyl sites for hydroxylation is 1. The van der Waals surface area contributed by atoms with Crippen molar-refractivity contribution in [3.05, 3.63) is 28.2 Å². The van der Waals surface area contributed by atoms with Gasteiger partial charge in [0.05, 0.1) is 10.8 Å². The number of carboxylic acids is 1. The normalized spacial score (nSPS) is 22.8. The monoisotopic (exact) mass is 347 g/mol. The SMILES string of the molecule is Cc1cccc(S(=O)(=O)NC2CC(C(=O)O)C2)c1Br. The van der Waals surface area contributed by atoms with Crippen molar-refractivity contribution in [2.24, 2.45) is 5.92 Å². The molecule has 0 aromatic heterocycles. The Hall–Kier alpha value is -0.920. The molecule has 1 aliphatic carbocycles. The van der Waals surface area contributed by atoms with Crippen LogP contribution in [0.5, 0.6) is 0 Å². The molecule has 2 N–H and O–H groups in total. The summed E-state index contributed by atoms with van der Waals surface area (Å²) in [6.07, 6.45) is 0.690. The van der Waals surface area contributed by atoms with Crippen LogP contribution in [0.3, 0.4) is 0 Å². The second-order valence-electron chi connectivity index (χ2n) is 4.71. The minimum Gasteiger partial charge on any atom is -0.481 e. The van der Waals surface area contributed by atoms with Crippen LogP contribution in [0.25, 0.3) is 0 Å². The van der Waals surface area contributed by atoms with E-state index in [1.165, 1.54) is 6.07 Å². The molecule has 0 spiro atoms. The van der Waals surface area contributed by atoms with Gasteiger partial charge in [-0.3, -0.25) is 4.79 Å². The molecule has 0 amide bonds. The van der Waals surface area contributed by atoms with Crippen molar-refractivity contribution >= 4 is 31.9 Å². The molecular formula is C12H14BrNO4S. The number of benzene rings is 1. The molecule has 0 heterocycles. The standard InChI is InChI=1S/C12H14BrNO4S/c1-7-3-2-4-10(11(7)13)19(17,18)14-9-5-8(6-9)12(15)16/h2-4,8-9,14H,5-6H2,1H3,(H,15,16). The van der Waals surface area contributed by atoms with Gasteiger partial charge in [-0.2, -0.15) is 0 Å². The van der Waals surface area contributed by atoms with E-state index in [9.17, 15) is 13.2 Å². The maximum Gasteiger partial charge on any atom is 0.306 e. The highest BCUT2D eigenvalue weighted by Gasteiger charge is 2.37. The molecule has 5 nitrogen and oxygen atoms in total. The topological polar surface area (TPSA) is 83.5 Å². The molecule has 0 aliphatic heterocycles. The second kappa shape index (κ2) is 5.22. The minimum absolute atomic E-state index is 0.186. The van der Waals surface area contributed by atoms with Gasteiger partial charge in [0.1, 0.15) is 0 Å². The van der Waals surface area contributed by atoms with Crippen LogP contribution in [0.4, 0.5) is 0 Å². The molecule has 0 radical (unpaired) electrons. The summed E-state index contributed by atoms with van der Waals surface area (Å²) in [6, 6.07) is 4.72. The van der Waals surface area contributed by atoms with Crippen LogP contribution in [0, 0.1) is 12.8 Å². The number of nitrogens with one attached hydrogen (secondary N) is 1. The van der Waals surface area contributed by atoms with Crippen LogP contribution < -0.4 is 4.72 Å². The van der Waals surface area contributed by atoms with Gasteiger partial charge in [0.15, 0.2) is 0 Å².